The van der Waals surface area contributed by atoms with Crippen molar-refractivity contribution < 1.29 is 4.79 Å². The molecule has 2 atom stereocenters. The van der Waals surface area contributed by atoms with Gasteiger partial charge >= 0.3 is 0 Å². The molecule has 2 rings (SSSR count). The van der Waals surface area contributed by atoms with Gasteiger partial charge in [0.1, 0.15) is 10.4 Å². The molecule has 0 aromatic carbocycles. The van der Waals surface area contributed by atoms with Crippen LogP contribution in [0.2, 0.25) is 0 Å². The Hall–Kier alpha value is -0.650. The van der Waals surface area contributed by atoms with E-state index < -0.39 is 0 Å². The molecule has 100 valence electrons. The first-order valence-corrected chi connectivity index (χ1v) is 6.55. The molecule has 1 aromatic rings. The van der Waals surface area contributed by atoms with Crippen LogP contribution in [-0.2, 0) is 4.79 Å². The van der Waals surface area contributed by atoms with Crippen molar-refractivity contribution in [1.29, 1.82) is 0 Å². The first kappa shape index (κ1) is 15.4. The van der Waals surface area contributed by atoms with Gasteiger partial charge in [0.05, 0.1) is 6.04 Å². The molecule has 0 saturated carbocycles. The quantitative estimate of drug-likeness (QED) is 0.818. The molecule has 2 N–H and O–H groups in total. The molecule has 4 nitrogen and oxygen atoms in total. The zero-order chi connectivity index (χ0) is 12.4. The molecule has 2 heterocycles. The predicted molar refractivity (Wildman–Crippen MR) is 78.2 cm³/mol. The molecule has 6 heteroatoms. The van der Waals surface area contributed by atoms with Crippen LogP contribution in [0.25, 0.3) is 0 Å². The molecule has 1 saturated heterocycles. The van der Waals surface area contributed by atoms with Gasteiger partial charge in [0.15, 0.2) is 0 Å². The van der Waals surface area contributed by atoms with Crippen LogP contribution in [0.3, 0.4) is 0 Å². The van der Waals surface area contributed by atoms with Crippen LogP contribution in [0.5, 0.6) is 0 Å². The topological polar surface area (TPSA) is 54.0 Å². The minimum Gasteiger partial charge on any atom is -0.309 e. The number of anilines is 1. The van der Waals surface area contributed by atoms with Crippen LogP contribution >= 0.6 is 28.3 Å². The Morgan fingerprint density at radius 2 is 2.22 bits per heavy atom. The van der Waals surface area contributed by atoms with Gasteiger partial charge in [0, 0.05) is 6.04 Å². The molecule has 0 aliphatic carbocycles. The highest BCUT2D eigenvalue weighted by Gasteiger charge is 2.26. The Balaban J connectivity index is 0.00000162. The number of nitrogens with zero attached hydrogens (tertiary/aromatic N) is 1. The fraction of sp³-hybridized carbons (Fsp3) is 0.500. The number of carbonyl (C=O) groups is 1. The largest absolute Gasteiger partial charge is 0.309 e. The summed E-state index contributed by atoms with van der Waals surface area (Å²) in [6.45, 7) is 4.02. The predicted octanol–water partition coefficient (Wildman–Crippen LogP) is 2.65. The van der Waals surface area contributed by atoms with Crippen LogP contribution in [-0.4, -0.2) is 23.0 Å². The summed E-state index contributed by atoms with van der Waals surface area (Å²) in [6.07, 6.45) is 1.93. The molecular weight excluding hydrogens is 318 g/mol. The second-order valence-electron chi connectivity index (χ2n) is 4.49. The summed E-state index contributed by atoms with van der Waals surface area (Å²) in [5.74, 6) is 0.633. The van der Waals surface area contributed by atoms with E-state index in [-0.39, 0.29) is 24.4 Å². The third kappa shape index (κ3) is 3.67. The fourth-order valence-corrected chi connectivity index (χ4v) is 2.28. The fourth-order valence-electron chi connectivity index (χ4n) is 1.97. The van der Waals surface area contributed by atoms with E-state index in [0.717, 1.165) is 23.0 Å². The van der Waals surface area contributed by atoms with E-state index in [1.807, 2.05) is 19.1 Å². The molecular formula is C12H17BrClN3O. The molecule has 18 heavy (non-hydrogen) atoms. The molecule has 1 aliphatic rings. The number of aryl methyl sites for hydroxylation is 1. The number of hydrogen-bond donors (Lipinski definition) is 2. The Kier molecular flexibility index (Phi) is 5.56. The van der Waals surface area contributed by atoms with E-state index in [9.17, 15) is 4.79 Å². The van der Waals surface area contributed by atoms with Crippen molar-refractivity contribution in [2.45, 2.75) is 38.8 Å². The lowest BCUT2D eigenvalue weighted by atomic mass is 10.2. The van der Waals surface area contributed by atoms with Crippen LogP contribution in [0, 0.1) is 6.92 Å². The Morgan fingerprint density at radius 1 is 1.50 bits per heavy atom. The maximum absolute atomic E-state index is 12.0. The van der Waals surface area contributed by atoms with E-state index in [4.69, 9.17) is 0 Å². The van der Waals surface area contributed by atoms with Gasteiger partial charge in [-0.25, -0.2) is 4.98 Å². The minimum absolute atomic E-state index is 0. The normalized spacial score (nSPS) is 22.4. The monoisotopic (exact) mass is 333 g/mol. The van der Waals surface area contributed by atoms with Gasteiger partial charge in [-0.3, -0.25) is 4.79 Å². The smallest absolute Gasteiger partial charge is 0.242 e. The summed E-state index contributed by atoms with van der Waals surface area (Å²) < 4.78 is 0.728. The van der Waals surface area contributed by atoms with Crippen molar-refractivity contribution >= 4 is 40.1 Å². The number of halogens is 2. The Morgan fingerprint density at radius 3 is 2.83 bits per heavy atom. The van der Waals surface area contributed by atoms with Gasteiger partial charge in [-0.2, -0.15) is 0 Å². The first-order valence-electron chi connectivity index (χ1n) is 5.76. The van der Waals surface area contributed by atoms with Crippen molar-refractivity contribution in [3.8, 4) is 0 Å². The van der Waals surface area contributed by atoms with Crippen LogP contribution in [0.1, 0.15) is 25.3 Å². The number of carbonyl (C=O) groups excluding carboxylic acids is 1. The van der Waals surface area contributed by atoms with E-state index in [1.54, 1.807) is 0 Å². The average molecular weight is 335 g/mol. The number of hydrogen-bond acceptors (Lipinski definition) is 3. The lowest BCUT2D eigenvalue weighted by molar-refractivity contribution is -0.117. The molecule has 0 radical (unpaired) electrons. The maximum atomic E-state index is 12.0. The van der Waals surface area contributed by atoms with Crippen molar-refractivity contribution in [2.75, 3.05) is 5.32 Å². The summed E-state index contributed by atoms with van der Waals surface area (Å²) >= 11 is 3.30. The molecule has 0 spiro atoms. The Bertz CT molecular complexity index is 441. The summed E-state index contributed by atoms with van der Waals surface area (Å²) in [5.41, 5.74) is 0.965. The summed E-state index contributed by atoms with van der Waals surface area (Å²) in [7, 11) is 0. The number of rotatable bonds is 2. The third-order valence-electron chi connectivity index (χ3n) is 3.00. The maximum Gasteiger partial charge on any atom is 0.242 e. The molecule has 1 amide bonds. The lowest BCUT2D eigenvalue weighted by Crippen LogP contribution is -2.38. The van der Waals surface area contributed by atoms with Gasteiger partial charge in [0.25, 0.3) is 0 Å². The van der Waals surface area contributed by atoms with Crippen molar-refractivity contribution in [1.82, 2.24) is 10.3 Å². The van der Waals surface area contributed by atoms with E-state index in [2.05, 4.69) is 38.5 Å². The van der Waals surface area contributed by atoms with Gasteiger partial charge in [-0.1, -0.05) is 6.07 Å². The first-order chi connectivity index (χ1) is 8.06. The SMILES string of the molecule is Cc1ccc(Br)nc1NC(=O)C1CCC(C)N1.Cl. The van der Waals surface area contributed by atoms with Gasteiger partial charge in [-0.15, -0.1) is 12.4 Å². The van der Waals surface area contributed by atoms with Gasteiger partial charge in [0.2, 0.25) is 5.91 Å². The molecule has 1 fully saturated rings. The number of aromatic nitrogens is 1. The van der Waals surface area contributed by atoms with Crippen LogP contribution in [0.15, 0.2) is 16.7 Å². The van der Waals surface area contributed by atoms with Crippen molar-refractivity contribution in [3.63, 3.8) is 0 Å². The second kappa shape index (κ2) is 6.50. The third-order valence-corrected chi connectivity index (χ3v) is 3.44. The van der Waals surface area contributed by atoms with Gasteiger partial charge in [-0.05, 0) is 54.2 Å². The van der Waals surface area contributed by atoms with Crippen LogP contribution < -0.4 is 10.6 Å². The number of amides is 1. The van der Waals surface area contributed by atoms with Gasteiger partial charge < -0.3 is 10.6 Å². The van der Waals surface area contributed by atoms with Crippen molar-refractivity contribution in [2.24, 2.45) is 0 Å². The highest BCUT2D eigenvalue weighted by molar-refractivity contribution is 9.10. The number of pyridine rings is 1. The summed E-state index contributed by atoms with van der Waals surface area (Å²) in [6, 6.07) is 4.12. The summed E-state index contributed by atoms with van der Waals surface area (Å²) in [4.78, 5) is 16.3. The minimum atomic E-state index is -0.0924. The molecule has 2 unspecified atom stereocenters. The van der Waals surface area contributed by atoms with Crippen LogP contribution in [0.4, 0.5) is 5.82 Å². The average Bonchev–Trinajstić information content (AvgIpc) is 2.70. The lowest BCUT2D eigenvalue weighted by Gasteiger charge is -2.13. The zero-order valence-electron chi connectivity index (χ0n) is 10.4. The zero-order valence-corrected chi connectivity index (χ0v) is 12.8. The highest BCUT2D eigenvalue weighted by atomic mass is 79.9. The highest BCUT2D eigenvalue weighted by Crippen LogP contribution is 2.18. The standard InChI is InChI=1S/C12H16BrN3O.ClH/c1-7-3-6-10(13)15-11(7)16-12(17)9-5-4-8(2)14-9;/h3,6,8-9,14H,4-5H2,1-2H3,(H,15,16,17);1H. The van der Waals surface area contributed by atoms with Crippen molar-refractivity contribution in [3.05, 3.63) is 22.3 Å². The molecule has 1 aliphatic heterocycles. The molecule has 1 aromatic heterocycles. The van der Waals surface area contributed by atoms with E-state index in [0.29, 0.717) is 11.9 Å². The van der Waals surface area contributed by atoms with E-state index >= 15 is 0 Å². The second-order valence-corrected chi connectivity index (χ2v) is 5.30. The number of nitrogens with one attached hydrogen (secondary N) is 2. The summed E-state index contributed by atoms with van der Waals surface area (Å²) in [5, 5.41) is 6.13. The molecule has 0 bridgehead atoms. The van der Waals surface area contributed by atoms with E-state index in [1.165, 1.54) is 0 Å². The Labute approximate surface area is 121 Å².